The van der Waals surface area contributed by atoms with Crippen LogP contribution in [0.1, 0.15) is 5.82 Å². The number of aryl methyl sites for hydroxylation is 1. The minimum atomic E-state index is -0.892. The molecule has 1 aromatic carbocycles. The Bertz CT molecular complexity index is 635. The van der Waals surface area contributed by atoms with Gasteiger partial charge in [0.2, 0.25) is 0 Å². The topological polar surface area (TPSA) is 41.4 Å². The summed E-state index contributed by atoms with van der Waals surface area (Å²) in [6.45, 7) is 5.98. The maximum absolute atomic E-state index is 12.3. The molecule has 2 heterocycles. The van der Waals surface area contributed by atoms with Gasteiger partial charge in [0.25, 0.3) is 0 Å². The highest BCUT2D eigenvalue weighted by Crippen LogP contribution is 2.09. The van der Waals surface area contributed by atoms with E-state index in [2.05, 4.69) is 19.4 Å². The molecule has 1 unspecified atom stereocenters. The summed E-state index contributed by atoms with van der Waals surface area (Å²) in [5, 5.41) is 0. The second-order valence-electron chi connectivity index (χ2n) is 5.93. The number of imidazole rings is 1. The highest BCUT2D eigenvalue weighted by atomic mass is 32.2. The first-order valence-electron chi connectivity index (χ1n) is 8.07. The summed E-state index contributed by atoms with van der Waals surface area (Å²) in [6, 6.07) is 9.75. The van der Waals surface area contributed by atoms with Crippen LogP contribution in [0.15, 0.2) is 47.6 Å². The van der Waals surface area contributed by atoms with Gasteiger partial charge in [-0.2, -0.15) is 0 Å². The molecule has 5 nitrogen and oxygen atoms in total. The molecule has 3 rings (SSSR count). The van der Waals surface area contributed by atoms with Crippen molar-refractivity contribution in [2.75, 3.05) is 38.5 Å². The fourth-order valence-corrected chi connectivity index (χ4v) is 3.94. The van der Waals surface area contributed by atoms with Gasteiger partial charge in [-0.1, -0.05) is 18.2 Å². The molecule has 6 heteroatoms. The molecule has 0 aliphatic carbocycles. The molecule has 1 aliphatic rings. The molecule has 0 N–H and O–H groups in total. The third kappa shape index (κ3) is 4.50. The summed E-state index contributed by atoms with van der Waals surface area (Å²) in [4.78, 5) is 10.2. The van der Waals surface area contributed by atoms with Crippen LogP contribution in [0.4, 0.5) is 0 Å². The molecule has 1 atom stereocenters. The first-order chi connectivity index (χ1) is 11.2. The average molecular weight is 332 g/mol. The summed E-state index contributed by atoms with van der Waals surface area (Å²) < 4.78 is 14.3. The van der Waals surface area contributed by atoms with Crippen molar-refractivity contribution >= 4 is 10.8 Å². The largest absolute Gasteiger partial charge is 0.337 e. The van der Waals surface area contributed by atoms with Gasteiger partial charge >= 0.3 is 0 Å². The van der Waals surface area contributed by atoms with Crippen LogP contribution >= 0.6 is 0 Å². The van der Waals surface area contributed by atoms with Gasteiger partial charge in [0.15, 0.2) is 0 Å². The molecule has 2 aromatic rings. The van der Waals surface area contributed by atoms with Crippen LogP contribution in [0, 0.1) is 0 Å². The zero-order valence-electron chi connectivity index (χ0n) is 13.6. The fraction of sp³-hybridized carbons (Fsp3) is 0.471. The van der Waals surface area contributed by atoms with Crippen LogP contribution in [0.25, 0.3) is 0 Å². The second-order valence-corrected chi connectivity index (χ2v) is 7.51. The molecule has 1 aliphatic heterocycles. The van der Waals surface area contributed by atoms with Gasteiger partial charge in [-0.15, -0.1) is 0 Å². The predicted molar refractivity (Wildman–Crippen MR) is 92.6 cm³/mol. The molecule has 0 radical (unpaired) electrons. The van der Waals surface area contributed by atoms with E-state index in [4.69, 9.17) is 0 Å². The highest BCUT2D eigenvalue weighted by molar-refractivity contribution is 7.85. The summed E-state index contributed by atoms with van der Waals surface area (Å²) in [7, 11) is 1.15. The number of rotatable bonds is 6. The van der Waals surface area contributed by atoms with E-state index in [1.54, 1.807) is 0 Å². The second kappa shape index (κ2) is 7.86. The minimum absolute atomic E-state index is 0.712. The molecule has 0 bridgehead atoms. The molecule has 0 spiro atoms. The number of piperazine rings is 1. The van der Waals surface area contributed by atoms with E-state index in [1.165, 1.54) is 0 Å². The van der Waals surface area contributed by atoms with E-state index < -0.39 is 10.8 Å². The Kier molecular flexibility index (Phi) is 5.59. The zero-order chi connectivity index (χ0) is 16.1. The molecular weight excluding hydrogens is 308 g/mol. The van der Waals surface area contributed by atoms with Crippen LogP contribution in [-0.2, 0) is 24.4 Å². The molecule has 1 saturated heterocycles. The lowest BCUT2D eigenvalue weighted by Crippen LogP contribution is -2.47. The van der Waals surface area contributed by atoms with E-state index in [0.29, 0.717) is 5.75 Å². The van der Waals surface area contributed by atoms with Gasteiger partial charge in [-0.3, -0.25) is 14.0 Å². The SMILES string of the molecule is Cn1ccnc1CN1CCN(CCS(=O)c2ccccc2)CC1. The Morgan fingerprint density at radius 1 is 1.09 bits per heavy atom. The number of benzene rings is 1. The van der Waals surface area contributed by atoms with Crippen molar-refractivity contribution in [2.24, 2.45) is 7.05 Å². The van der Waals surface area contributed by atoms with Crippen molar-refractivity contribution in [3.63, 3.8) is 0 Å². The third-order valence-corrected chi connectivity index (χ3v) is 5.70. The lowest BCUT2D eigenvalue weighted by Gasteiger charge is -2.34. The Morgan fingerprint density at radius 3 is 2.43 bits per heavy atom. The van der Waals surface area contributed by atoms with Crippen molar-refractivity contribution < 1.29 is 4.21 Å². The normalized spacial score (nSPS) is 18.1. The predicted octanol–water partition coefficient (Wildman–Crippen LogP) is 1.35. The zero-order valence-corrected chi connectivity index (χ0v) is 14.4. The minimum Gasteiger partial charge on any atom is -0.337 e. The van der Waals surface area contributed by atoms with Crippen molar-refractivity contribution in [1.29, 1.82) is 0 Å². The van der Waals surface area contributed by atoms with Crippen LogP contribution in [0.2, 0.25) is 0 Å². The van der Waals surface area contributed by atoms with Crippen LogP contribution in [-0.4, -0.2) is 62.0 Å². The average Bonchev–Trinajstić information content (AvgIpc) is 2.99. The highest BCUT2D eigenvalue weighted by Gasteiger charge is 2.18. The molecule has 23 heavy (non-hydrogen) atoms. The molecule has 0 amide bonds. The number of aromatic nitrogens is 2. The molecule has 1 fully saturated rings. The molecular formula is C17H24N4OS. The van der Waals surface area contributed by atoms with Crippen molar-refractivity contribution in [2.45, 2.75) is 11.4 Å². The summed E-state index contributed by atoms with van der Waals surface area (Å²) >= 11 is 0. The van der Waals surface area contributed by atoms with Crippen molar-refractivity contribution in [3.8, 4) is 0 Å². The lowest BCUT2D eigenvalue weighted by molar-refractivity contribution is 0.129. The third-order valence-electron chi connectivity index (χ3n) is 4.35. The van der Waals surface area contributed by atoms with E-state index in [-0.39, 0.29) is 0 Å². The number of nitrogens with zero attached hydrogens (tertiary/aromatic N) is 4. The van der Waals surface area contributed by atoms with Crippen molar-refractivity contribution in [3.05, 3.63) is 48.5 Å². The van der Waals surface area contributed by atoms with Crippen molar-refractivity contribution in [1.82, 2.24) is 19.4 Å². The Morgan fingerprint density at radius 2 is 1.78 bits per heavy atom. The summed E-state index contributed by atoms with van der Waals surface area (Å²) in [5.41, 5.74) is 0. The van der Waals surface area contributed by atoms with Gasteiger partial charge < -0.3 is 4.57 Å². The monoisotopic (exact) mass is 332 g/mol. The Balaban J connectivity index is 1.41. The van der Waals surface area contributed by atoms with Crippen LogP contribution < -0.4 is 0 Å². The Labute approximate surface area is 140 Å². The standard InChI is InChI=1S/C17H24N4OS/c1-19-8-7-18-17(19)15-21-11-9-20(10-12-21)13-14-23(22)16-5-3-2-4-6-16/h2-8H,9-15H2,1H3. The number of hydrogen-bond donors (Lipinski definition) is 0. The smallest absolute Gasteiger partial charge is 0.122 e. The van der Waals surface area contributed by atoms with Gasteiger partial charge in [0.1, 0.15) is 5.82 Å². The molecule has 124 valence electrons. The van der Waals surface area contributed by atoms with Crippen LogP contribution in [0.5, 0.6) is 0 Å². The molecule has 0 saturated carbocycles. The first kappa shape index (κ1) is 16.4. The first-order valence-corrected chi connectivity index (χ1v) is 9.38. The quantitative estimate of drug-likeness (QED) is 0.801. The van der Waals surface area contributed by atoms with Gasteiger partial charge in [-0.25, -0.2) is 4.98 Å². The van der Waals surface area contributed by atoms with E-state index >= 15 is 0 Å². The van der Waals surface area contributed by atoms with E-state index in [9.17, 15) is 4.21 Å². The fourth-order valence-electron chi connectivity index (χ4n) is 2.82. The summed E-state index contributed by atoms with van der Waals surface area (Å²) in [6.07, 6.45) is 3.84. The maximum atomic E-state index is 12.3. The van der Waals surface area contributed by atoms with E-state index in [1.807, 2.05) is 49.8 Å². The summed E-state index contributed by atoms with van der Waals surface area (Å²) in [5.74, 6) is 1.83. The van der Waals surface area contributed by atoms with Gasteiger partial charge in [-0.05, 0) is 12.1 Å². The Hall–Kier alpha value is -1.50. The van der Waals surface area contributed by atoms with E-state index in [0.717, 1.165) is 50.0 Å². The van der Waals surface area contributed by atoms with Crippen LogP contribution in [0.3, 0.4) is 0 Å². The number of hydrogen-bond acceptors (Lipinski definition) is 4. The lowest BCUT2D eigenvalue weighted by atomic mass is 10.3. The maximum Gasteiger partial charge on any atom is 0.122 e. The van der Waals surface area contributed by atoms with Gasteiger partial charge in [0, 0.05) is 62.8 Å². The van der Waals surface area contributed by atoms with Gasteiger partial charge in [0.05, 0.1) is 17.3 Å². The molecule has 1 aromatic heterocycles.